The van der Waals surface area contributed by atoms with E-state index in [4.69, 9.17) is 0 Å². The Morgan fingerprint density at radius 2 is 2.27 bits per heavy atom. The highest BCUT2D eigenvalue weighted by Gasteiger charge is 2.19. The van der Waals surface area contributed by atoms with E-state index in [-0.39, 0.29) is 17.7 Å². The van der Waals surface area contributed by atoms with Gasteiger partial charge in [-0.1, -0.05) is 13.8 Å². The third kappa shape index (κ3) is 3.73. The van der Waals surface area contributed by atoms with Crippen LogP contribution in [0.25, 0.3) is 0 Å². The predicted molar refractivity (Wildman–Crippen MR) is 58.2 cm³/mol. The van der Waals surface area contributed by atoms with Gasteiger partial charge in [0.05, 0.1) is 0 Å². The van der Waals surface area contributed by atoms with Crippen LogP contribution in [-0.2, 0) is 9.59 Å². The fraction of sp³-hybridized carbons (Fsp3) is 0.636. The van der Waals surface area contributed by atoms with Crippen LogP contribution in [0.5, 0.6) is 0 Å². The largest absolute Gasteiger partial charge is 0.378 e. The molecule has 15 heavy (non-hydrogen) atoms. The maximum absolute atomic E-state index is 11.5. The molecular formula is C11H18N2O2. The Morgan fingerprint density at radius 1 is 1.60 bits per heavy atom. The second-order valence-electron chi connectivity index (χ2n) is 4.38. The Bertz CT molecular complexity index is 295. The zero-order chi connectivity index (χ0) is 11.4. The van der Waals surface area contributed by atoms with Crippen LogP contribution in [0.4, 0.5) is 0 Å². The lowest BCUT2D eigenvalue weighted by Crippen LogP contribution is -2.49. The fourth-order valence-corrected chi connectivity index (χ4v) is 1.43. The van der Waals surface area contributed by atoms with Gasteiger partial charge in [-0.2, -0.15) is 0 Å². The topological polar surface area (TPSA) is 58.2 Å². The minimum Gasteiger partial charge on any atom is -0.378 e. The van der Waals surface area contributed by atoms with Crippen LogP contribution in [0.3, 0.4) is 0 Å². The highest BCUT2D eigenvalue weighted by atomic mass is 16.2. The van der Waals surface area contributed by atoms with Gasteiger partial charge in [0.1, 0.15) is 5.70 Å². The molecule has 1 heterocycles. The van der Waals surface area contributed by atoms with E-state index in [0.717, 1.165) is 0 Å². The van der Waals surface area contributed by atoms with E-state index in [9.17, 15) is 9.59 Å². The molecule has 0 spiro atoms. The van der Waals surface area contributed by atoms with Crippen molar-refractivity contribution in [3.05, 3.63) is 11.8 Å². The quantitative estimate of drug-likeness (QED) is 0.670. The molecular weight excluding hydrogens is 192 g/mol. The number of carbonyl (C=O) groups excluding carboxylic acids is 2. The van der Waals surface area contributed by atoms with Crippen LogP contribution in [0, 0.1) is 5.92 Å². The van der Waals surface area contributed by atoms with Gasteiger partial charge in [-0.3, -0.25) is 9.59 Å². The molecule has 0 aromatic heterocycles. The van der Waals surface area contributed by atoms with Crippen molar-refractivity contribution >= 4 is 11.7 Å². The Kier molecular flexibility index (Phi) is 3.88. The van der Waals surface area contributed by atoms with Gasteiger partial charge in [0.25, 0.3) is 5.91 Å². The molecule has 2 N–H and O–H groups in total. The van der Waals surface area contributed by atoms with E-state index >= 15 is 0 Å². The average molecular weight is 210 g/mol. The molecule has 4 nitrogen and oxygen atoms in total. The van der Waals surface area contributed by atoms with E-state index in [0.29, 0.717) is 24.6 Å². The van der Waals surface area contributed by atoms with E-state index in [1.165, 1.54) is 6.08 Å². The average Bonchev–Trinajstić information content (AvgIpc) is 2.08. The first-order valence-electron chi connectivity index (χ1n) is 5.28. The van der Waals surface area contributed by atoms with Crippen LogP contribution in [0.15, 0.2) is 11.8 Å². The highest BCUT2D eigenvalue weighted by Crippen LogP contribution is 2.04. The van der Waals surface area contributed by atoms with E-state index < -0.39 is 0 Å². The lowest BCUT2D eigenvalue weighted by Gasteiger charge is -2.23. The van der Waals surface area contributed by atoms with Crippen molar-refractivity contribution in [3.63, 3.8) is 0 Å². The van der Waals surface area contributed by atoms with Crippen molar-refractivity contribution in [1.29, 1.82) is 0 Å². The van der Waals surface area contributed by atoms with E-state index in [2.05, 4.69) is 10.6 Å². The summed E-state index contributed by atoms with van der Waals surface area (Å²) in [5.41, 5.74) is 0.388. The number of carbonyl (C=O) groups is 2. The number of hydrogen-bond acceptors (Lipinski definition) is 3. The summed E-state index contributed by atoms with van der Waals surface area (Å²) < 4.78 is 0. The molecule has 1 aliphatic rings. The lowest BCUT2D eigenvalue weighted by atomic mass is 10.1. The Balaban J connectivity index is 2.59. The summed E-state index contributed by atoms with van der Waals surface area (Å²) in [5.74, 6) is 0.128. The highest BCUT2D eigenvalue weighted by molar-refractivity contribution is 6.01. The van der Waals surface area contributed by atoms with E-state index in [1.807, 2.05) is 20.8 Å². The zero-order valence-corrected chi connectivity index (χ0v) is 9.46. The maximum Gasteiger partial charge on any atom is 0.267 e. The second-order valence-corrected chi connectivity index (χ2v) is 4.38. The fourth-order valence-electron chi connectivity index (χ4n) is 1.43. The summed E-state index contributed by atoms with van der Waals surface area (Å²) in [7, 11) is 0. The molecule has 0 aliphatic carbocycles. The van der Waals surface area contributed by atoms with Crippen LogP contribution >= 0.6 is 0 Å². The van der Waals surface area contributed by atoms with Crippen molar-refractivity contribution in [2.75, 3.05) is 6.54 Å². The smallest absolute Gasteiger partial charge is 0.267 e. The molecule has 4 heteroatoms. The third-order valence-electron chi connectivity index (χ3n) is 2.14. The second kappa shape index (κ2) is 4.96. The lowest BCUT2D eigenvalue weighted by molar-refractivity contribution is -0.120. The van der Waals surface area contributed by atoms with Crippen LogP contribution in [-0.4, -0.2) is 24.3 Å². The monoisotopic (exact) mass is 210 g/mol. The number of ketones is 1. The molecule has 0 bridgehead atoms. The van der Waals surface area contributed by atoms with Crippen LogP contribution in [0.2, 0.25) is 0 Å². The molecule has 0 saturated carbocycles. The van der Waals surface area contributed by atoms with Crippen molar-refractivity contribution in [2.45, 2.75) is 33.2 Å². The van der Waals surface area contributed by atoms with Gasteiger partial charge < -0.3 is 10.6 Å². The number of allylic oxidation sites excluding steroid dienone is 1. The molecule has 84 valence electrons. The predicted octanol–water partition coefficient (Wildman–Crippen LogP) is 0.593. The first-order chi connectivity index (χ1) is 6.99. The normalized spacial score (nSPS) is 23.9. The zero-order valence-electron chi connectivity index (χ0n) is 9.46. The number of rotatable bonds is 3. The molecule has 1 fully saturated rings. The van der Waals surface area contributed by atoms with Gasteiger partial charge >= 0.3 is 0 Å². The number of amides is 1. The summed E-state index contributed by atoms with van der Waals surface area (Å²) in [6.45, 7) is 6.55. The first kappa shape index (κ1) is 11.8. The Morgan fingerprint density at radius 3 is 2.80 bits per heavy atom. The minimum atomic E-state index is -0.189. The molecule has 0 radical (unpaired) electrons. The van der Waals surface area contributed by atoms with Gasteiger partial charge in [-0.05, 0) is 12.8 Å². The van der Waals surface area contributed by atoms with Crippen molar-refractivity contribution in [3.8, 4) is 0 Å². The molecule has 0 unspecified atom stereocenters. The molecule has 0 aromatic carbocycles. The van der Waals surface area contributed by atoms with Gasteiger partial charge in [0, 0.05) is 25.1 Å². The number of hydrogen-bond donors (Lipinski definition) is 2. The van der Waals surface area contributed by atoms with Gasteiger partial charge in [-0.15, -0.1) is 0 Å². The van der Waals surface area contributed by atoms with Crippen LogP contribution in [0.1, 0.15) is 27.2 Å². The van der Waals surface area contributed by atoms with E-state index in [1.54, 1.807) is 0 Å². The number of piperazine rings is 1. The summed E-state index contributed by atoms with van der Waals surface area (Å²) in [6, 6.07) is 0.120. The molecule has 1 rings (SSSR count). The first-order valence-corrected chi connectivity index (χ1v) is 5.28. The molecule has 1 saturated heterocycles. The summed E-state index contributed by atoms with van der Waals surface area (Å²) in [6.07, 6.45) is 1.88. The summed E-state index contributed by atoms with van der Waals surface area (Å²) >= 11 is 0. The molecule has 0 aromatic rings. The SMILES string of the molecule is CC(C)CC(=O)/C=C1/NC[C@@H](C)NC1=O. The Hall–Kier alpha value is -1.32. The third-order valence-corrected chi connectivity index (χ3v) is 2.14. The molecule has 1 aliphatic heterocycles. The molecule has 1 amide bonds. The molecule has 1 atom stereocenters. The Labute approximate surface area is 90.1 Å². The summed E-state index contributed by atoms with van der Waals surface area (Å²) in [5, 5.41) is 5.72. The minimum absolute atomic E-state index is 0.00259. The van der Waals surface area contributed by atoms with Crippen molar-refractivity contribution in [1.82, 2.24) is 10.6 Å². The van der Waals surface area contributed by atoms with Gasteiger partial charge in [-0.25, -0.2) is 0 Å². The number of nitrogens with one attached hydrogen (secondary N) is 2. The summed E-state index contributed by atoms with van der Waals surface area (Å²) in [4.78, 5) is 22.9. The van der Waals surface area contributed by atoms with Gasteiger partial charge in [0.15, 0.2) is 5.78 Å². The maximum atomic E-state index is 11.5. The van der Waals surface area contributed by atoms with Gasteiger partial charge in [0.2, 0.25) is 0 Å². The van der Waals surface area contributed by atoms with Crippen LogP contribution < -0.4 is 10.6 Å². The van der Waals surface area contributed by atoms with Crippen molar-refractivity contribution < 1.29 is 9.59 Å². The van der Waals surface area contributed by atoms with Crippen molar-refractivity contribution in [2.24, 2.45) is 5.92 Å². The standard InChI is InChI=1S/C11H18N2O2/c1-7(2)4-9(14)5-10-11(15)13-8(3)6-12-10/h5,7-8,12H,4,6H2,1-3H3,(H,13,15)/b10-5+/t8-/m1/s1.